The summed E-state index contributed by atoms with van der Waals surface area (Å²) >= 11 is 0. The van der Waals surface area contributed by atoms with Crippen LogP contribution in [0.1, 0.15) is 12.0 Å². The SMILES string of the molecule is CO[C@H]1C[C@@H](CN(C)Cc2cn(C)c(=O)n(C)c2=O)N(C)C1. The van der Waals surface area contributed by atoms with Crippen LogP contribution in [0.2, 0.25) is 0 Å². The number of methoxy groups -OCH3 is 1. The van der Waals surface area contributed by atoms with Crippen LogP contribution in [-0.4, -0.2) is 65.4 Å². The minimum absolute atomic E-state index is 0.218. The maximum absolute atomic E-state index is 12.2. The maximum Gasteiger partial charge on any atom is 0.330 e. The molecule has 7 heteroatoms. The molecule has 1 saturated heterocycles. The Balaban J connectivity index is 2.06. The number of likely N-dealkylation sites (N-methyl/N-ethyl adjacent to an activating group) is 2. The molecule has 0 bridgehead atoms. The molecule has 1 aromatic heterocycles. The zero-order valence-electron chi connectivity index (χ0n) is 14.1. The van der Waals surface area contributed by atoms with E-state index in [4.69, 9.17) is 4.74 Å². The third kappa shape index (κ3) is 3.48. The highest BCUT2D eigenvalue weighted by Crippen LogP contribution is 2.18. The lowest BCUT2D eigenvalue weighted by Crippen LogP contribution is -2.41. The topological polar surface area (TPSA) is 59.7 Å². The Hall–Kier alpha value is -1.44. The van der Waals surface area contributed by atoms with Crippen LogP contribution in [0.5, 0.6) is 0 Å². The molecule has 124 valence electrons. The molecule has 0 radical (unpaired) electrons. The third-order valence-electron chi connectivity index (χ3n) is 4.46. The Morgan fingerprint density at radius 2 is 2.00 bits per heavy atom. The first-order valence-corrected chi connectivity index (χ1v) is 7.50. The molecule has 2 heterocycles. The van der Waals surface area contributed by atoms with E-state index >= 15 is 0 Å². The second-order valence-corrected chi connectivity index (χ2v) is 6.30. The van der Waals surface area contributed by atoms with Crippen molar-refractivity contribution in [3.8, 4) is 0 Å². The van der Waals surface area contributed by atoms with E-state index in [2.05, 4.69) is 16.8 Å². The van der Waals surface area contributed by atoms with Gasteiger partial charge in [-0.25, -0.2) is 4.79 Å². The van der Waals surface area contributed by atoms with Crippen molar-refractivity contribution in [1.82, 2.24) is 18.9 Å². The van der Waals surface area contributed by atoms with Gasteiger partial charge in [0.2, 0.25) is 0 Å². The van der Waals surface area contributed by atoms with Gasteiger partial charge in [-0.15, -0.1) is 0 Å². The number of rotatable bonds is 5. The van der Waals surface area contributed by atoms with Crippen molar-refractivity contribution < 1.29 is 4.74 Å². The zero-order chi connectivity index (χ0) is 16.4. The first-order chi connectivity index (χ1) is 10.3. The summed E-state index contributed by atoms with van der Waals surface area (Å²) in [4.78, 5) is 28.3. The van der Waals surface area contributed by atoms with E-state index in [9.17, 15) is 9.59 Å². The molecule has 1 aliphatic rings. The quantitative estimate of drug-likeness (QED) is 0.715. The molecule has 0 spiro atoms. The van der Waals surface area contributed by atoms with Gasteiger partial charge in [0.05, 0.1) is 6.10 Å². The van der Waals surface area contributed by atoms with E-state index in [1.165, 1.54) is 11.6 Å². The molecule has 2 atom stereocenters. The molecule has 2 rings (SSSR count). The summed E-state index contributed by atoms with van der Waals surface area (Å²) in [5.41, 5.74) is 0.121. The summed E-state index contributed by atoms with van der Waals surface area (Å²) < 4.78 is 8.03. The highest BCUT2D eigenvalue weighted by Gasteiger charge is 2.30. The van der Waals surface area contributed by atoms with Gasteiger partial charge in [-0.05, 0) is 20.5 Å². The van der Waals surface area contributed by atoms with Crippen molar-refractivity contribution in [1.29, 1.82) is 0 Å². The predicted octanol–water partition coefficient (Wildman–Crippen LogP) is -0.765. The molecule has 0 N–H and O–H groups in total. The Morgan fingerprint density at radius 1 is 1.32 bits per heavy atom. The lowest BCUT2D eigenvalue weighted by molar-refractivity contribution is 0.111. The normalized spacial score (nSPS) is 22.6. The molecule has 0 amide bonds. The number of hydrogen-bond donors (Lipinski definition) is 0. The van der Waals surface area contributed by atoms with Crippen LogP contribution in [-0.2, 0) is 25.4 Å². The average molecular weight is 310 g/mol. The van der Waals surface area contributed by atoms with Crippen LogP contribution in [0.15, 0.2) is 15.8 Å². The van der Waals surface area contributed by atoms with Crippen molar-refractivity contribution >= 4 is 0 Å². The first kappa shape index (κ1) is 16.9. The van der Waals surface area contributed by atoms with Crippen molar-refractivity contribution in [2.75, 3.05) is 34.3 Å². The molecule has 1 aromatic rings. The van der Waals surface area contributed by atoms with Gasteiger partial charge < -0.3 is 14.2 Å². The summed E-state index contributed by atoms with van der Waals surface area (Å²) in [5, 5.41) is 0. The molecule has 22 heavy (non-hydrogen) atoms. The van der Waals surface area contributed by atoms with Crippen molar-refractivity contribution in [3.05, 3.63) is 32.6 Å². The van der Waals surface area contributed by atoms with E-state index in [0.29, 0.717) is 18.2 Å². The molecule has 0 aromatic carbocycles. The molecule has 7 nitrogen and oxygen atoms in total. The van der Waals surface area contributed by atoms with Crippen LogP contribution in [0.4, 0.5) is 0 Å². The molecule has 0 unspecified atom stereocenters. The van der Waals surface area contributed by atoms with Crippen molar-refractivity contribution in [3.63, 3.8) is 0 Å². The van der Waals surface area contributed by atoms with Crippen LogP contribution >= 0.6 is 0 Å². The minimum atomic E-state index is -0.296. The summed E-state index contributed by atoms with van der Waals surface area (Å²) in [6.07, 6.45) is 2.92. The van der Waals surface area contributed by atoms with Crippen molar-refractivity contribution in [2.45, 2.75) is 25.1 Å². The van der Waals surface area contributed by atoms with Crippen LogP contribution < -0.4 is 11.2 Å². The van der Waals surface area contributed by atoms with Gasteiger partial charge in [-0.1, -0.05) is 0 Å². The molecular weight excluding hydrogens is 284 g/mol. The molecule has 1 fully saturated rings. The Kier molecular flexibility index (Phi) is 5.20. The molecule has 1 aliphatic heterocycles. The van der Waals surface area contributed by atoms with Gasteiger partial charge in [-0.3, -0.25) is 14.3 Å². The van der Waals surface area contributed by atoms with Crippen LogP contribution in [0.25, 0.3) is 0 Å². The summed E-state index contributed by atoms with van der Waals surface area (Å²) in [5.74, 6) is 0. The number of aromatic nitrogens is 2. The number of ether oxygens (including phenoxy) is 1. The largest absolute Gasteiger partial charge is 0.380 e. The van der Waals surface area contributed by atoms with Gasteiger partial charge in [0, 0.05) is 58.6 Å². The fraction of sp³-hybridized carbons (Fsp3) is 0.733. The van der Waals surface area contributed by atoms with Gasteiger partial charge in [0.1, 0.15) is 0 Å². The zero-order valence-corrected chi connectivity index (χ0v) is 14.1. The van der Waals surface area contributed by atoms with Crippen LogP contribution in [0, 0.1) is 0 Å². The van der Waals surface area contributed by atoms with E-state index in [-0.39, 0.29) is 17.4 Å². The van der Waals surface area contributed by atoms with Gasteiger partial charge in [0.25, 0.3) is 5.56 Å². The van der Waals surface area contributed by atoms with Crippen LogP contribution in [0.3, 0.4) is 0 Å². The van der Waals surface area contributed by atoms with Crippen molar-refractivity contribution in [2.24, 2.45) is 14.1 Å². The molecular formula is C15H26N4O3. The second-order valence-electron chi connectivity index (χ2n) is 6.30. The smallest absolute Gasteiger partial charge is 0.330 e. The van der Waals surface area contributed by atoms with E-state index < -0.39 is 0 Å². The average Bonchev–Trinajstić information content (AvgIpc) is 2.82. The second kappa shape index (κ2) is 6.76. The van der Waals surface area contributed by atoms with E-state index in [1.807, 2.05) is 7.05 Å². The summed E-state index contributed by atoms with van der Waals surface area (Å²) in [6, 6.07) is 0.423. The standard InChI is InChI=1S/C15H26N4O3/c1-16(9-12-6-13(22-5)10-17(12)2)7-11-8-18(3)15(21)19(4)14(11)20/h8,12-13H,6-7,9-10H2,1-5H3/t12-,13-/m0/s1. The Morgan fingerprint density at radius 3 is 2.59 bits per heavy atom. The lowest BCUT2D eigenvalue weighted by atomic mass is 10.2. The van der Waals surface area contributed by atoms with E-state index in [0.717, 1.165) is 24.1 Å². The number of likely N-dealkylation sites (tertiary alicyclic amines) is 1. The third-order valence-corrected chi connectivity index (χ3v) is 4.46. The van der Waals surface area contributed by atoms with E-state index in [1.54, 1.807) is 20.4 Å². The Labute approximate surface area is 130 Å². The highest BCUT2D eigenvalue weighted by atomic mass is 16.5. The number of hydrogen-bond acceptors (Lipinski definition) is 5. The predicted molar refractivity (Wildman–Crippen MR) is 85.1 cm³/mol. The molecule has 0 saturated carbocycles. The Bertz CT molecular complexity index is 637. The highest BCUT2D eigenvalue weighted by molar-refractivity contribution is 5.05. The van der Waals surface area contributed by atoms with Gasteiger partial charge in [0.15, 0.2) is 0 Å². The number of aryl methyl sites for hydroxylation is 1. The number of nitrogens with zero attached hydrogens (tertiary/aromatic N) is 4. The fourth-order valence-corrected chi connectivity index (χ4v) is 3.12. The first-order valence-electron chi connectivity index (χ1n) is 7.50. The van der Waals surface area contributed by atoms with Gasteiger partial charge in [-0.2, -0.15) is 0 Å². The lowest BCUT2D eigenvalue weighted by Gasteiger charge is -2.25. The fourth-order valence-electron chi connectivity index (χ4n) is 3.12. The monoisotopic (exact) mass is 310 g/mol. The van der Waals surface area contributed by atoms with Gasteiger partial charge >= 0.3 is 5.69 Å². The molecule has 0 aliphatic carbocycles. The summed E-state index contributed by atoms with van der Waals surface area (Å²) in [6.45, 7) is 2.34. The minimum Gasteiger partial charge on any atom is -0.380 e. The summed E-state index contributed by atoms with van der Waals surface area (Å²) in [7, 11) is 9.03. The maximum atomic E-state index is 12.2.